The molecule has 2 aromatic rings. The van der Waals surface area contributed by atoms with Crippen molar-refractivity contribution in [3.63, 3.8) is 0 Å². The highest BCUT2D eigenvalue weighted by Crippen LogP contribution is 2.27. The number of ether oxygens (including phenoxy) is 1. The van der Waals surface area contributed by atoms with Crippen LogP contribution in [0.4, 0.5) is 17.1 Å². The molecule has 29 heavy (non-hydrogen) atoms. The molecule has 0 amide bonds. The summed E-state index contributed by atoms with van der Waals surface area (Å²) in [6.07, 6.45) is 0.343. The average molecular weight is 446 g/mol. The first-order valence-corrected chi connectivity index (χ1v) is 11.3. The minimum Gasteiger partial charge on any atom is -0.399 e. The molecule has 12 heteroatoms. The van der Waals surface area contributed by atoms with Gasteiger partial charge in [-0.15, -0.1) is 5.11 Å². The molecule has 0 radical (unpaired) electrons. The van der Waals surface area contributed by atoms with Gasteiger partial charge in [-0.2, -0.15) is 21.9 Å². The van der Waals surface area contributed by atoms with Crippen LogP contribution in [-0.2, 0) is 25.0 Å². The zero-order chi connectivity index (χ0) is 22.1. The van der Waals surface area contributed by atoms with E-state index >= 15 is 0 Å². The van der Waals surface area contributed by atoms with Gasteiger partial charge in [-0.25, -0.2) is 0 Å². The van der Waals surface area contributed by atoms with Crippen molar-refractivity contribution in [3.05, 3.63) is 48.0 Å². The van der Waals surface area contributed by atoms with E-state index in [4.69, 9.17) is 14.8 Å². The minimum absolute atomic E-state index is 0.0752. The predicted octanol–water partition coefficient (Wildman–Crippen LogP) is 3.15. The van der Waals surface area contributed by atoms with Gasteiger partial charge >= 0.3 is 0 Å². The molecule has 0 fully saturated rings. The van der Waals surface area contributed by atoms with Gasteiger partial charge in [-0.3, -0.25) is 9.11 Å². The number of nitrogen functional groups attached to an aromatic ring is 1. The van der Waals surface area contributed by atoms with Gasteiger partial charge in [0.05, 0.1) is 11.4 Å². The van der Waals surface area contributed by atoms with Gasteiger partial charge in [0.2, 0.25) is 0 Å². The molecule has 0 aliphatic carbocycles. The van der Waals surface area contributed by atoms with Crippen molar-refractivity contribution in [2.45, 2.75) is 18.2 Å². The predicted molar refractivity (Wildman–Crippen MR) is 109 cm³/mol. The van der Waals surface area contributed by atoms with Crippen LogP contribution in [0.15, 0.2) is 57.6 Å². The molecule has 0 heterocycles. The summed E-state index contributed by atoms with van der Waals surface area (Å²) in [7, 11) is -6.63. The molecule has 10 nitrogen and oxygen atoms in total. The number of azo groups is 1. The van der Waals surface area contributed by atoms with E-state index in [9.17, 15) is 16.8 Å². The molecule has 0 aliphatic heterocycles. The second-order valence-corrected chi connectivity index (χ2v) is 8.78. The Labute approximate surface area is 169 Å². The summed E-state index contributed by atoms with van der Waals surface area (Å²) in [5, 5.41) is 7.86. The van der Waals surface area contributed by atoms with Crippen molar-refractivity contribution in [3.8, 4) is 0 Å². The fourth-order valence-electron chi connectivity index (χ4n) is 2.04. The molecule has 0 saturated heterocycles. The van der Waals surface area contributed by atoms with E-state index in [1.54, 1.807) is 24.3 Å². The summed E-state index contributed by atoms with van der Waals surface area (Å²) in [5.41, 5.74) is 7.71. The number of aryl methyl sites for hydroxylation is 1. The van der Waals surface area contributed by atoms with Gasteiger partial charge in [0.1, 0.15) is 10.6 Å². The Balaban J connectivity index is 0.000000396. The zero-order valence-electron chi connectivity index (χ0n) is 15.9. The van der Waals surface area contributed by atoms with Crippen LogP contribution in [0.3, 0.4) is 0 Å². The molecule has 0 aliphatic rings. The molecule has 2 rings (SSSR count). The Kier molecular flexibility index (Phi) is 9.33. The summed E-state index contributed by atoms with van der Waals surface area (Å²) in [6, 6.07) is 10.9. The molecular weight excluding hydrogens is 422 g/mol. The standard InChI is InChI=1S/C13H13N3O3S.C4H10O4S/c1-9-8-10(14)6-7-11(9)15-16-12-4-2-3-5-13(12)20(17,18)19;1-8-3-2-4-9(5,6)7/h2-8H,14H2,1H3,(H,17,18,19);2-4H2,1H3,(H,5,6,7). The number of hydrogen-bond donors (Lipinski definition) is 3. The van der Waals surface area contributed by atoms with Crippen molar-refractivity contribution >= 4 is 37.3 Å². The van der Waals surface area contributed by atoms with Crippen molar-refractivity contribution in [1.29, 1.82) is 0 Å². The third-order valence-electron chi connectivity index (χ3n) is 3.38. The lowest BCUT2D eigenvalue weighted by molar-refractivity contribution is 0.199. The lowest BCUT2D eigenvalue weighted by Gasteiger charge is -2.02. The highest BCUT2D eigenvalue weighted by atomic mass is 32.2. The second-order valence-electron chi connectivity index (χ2n) is 5.82. The number of anilines is 1. The van der Waals surface area contributed by atoms with E-state index in [1.165, 1.54) is 25.3 Å². The SMILES string of the molecule is COCCCS(=O)(=O)O.Cc1cc(N)ccc1N=Nc1ccccc1S(=O)(=O)O. The fraction of sp³-hybridized carbons (Fsp3) is 0.294. The normalized spacial score (nSPS) is 11.9. The van der Waals surface area contributed by atoms with E-state index in [0.717, 1.165) is 5.56 Å². The van der Waals surface area contributed by atoms with Gasteiger partial charge in [0, 0.05) is 19.4 Å². The van der Waals surface area contributed by atoms with Crippen LogP contribution in [0.2, 0.25) is 0 Å². The summed E-state index contributed by atoms with van der Waals surface area (Å²) in [4.78, 5) is -0.281. The van der Waals surface area contributed by atoms with Gasteiger partial charge in [-0.05, 0) is 49.2 Å². The van der Waals surface area contributed by atoms with Crippen LogP contribution < -0.4 is 5.73 Å². The first-order chi connectivity index (χ1) is 13.4. The third-order valence-corrected chi connectivity index (χ3v) is 5.09. The van der Waals surface area contributed by atoms with Crippen molar-refractivity contribution in [2.75, 3.05) is 25.2 Å². The van der Waals surface area contributed by atoms with Crippen molar-refractivity contribution in [2.24, 2.45) is 10.2 Å². The van der Waals surface area contributed by atoms with Crippen LogP contribution in [0.1, 0.15) is 12.0 Å². The van der Waals surface area contributed by atoms with Crippen LogP contribution in [0.5, 0.6) is 0 Å². The molecule has 0 unspecified atom stereocenters. The van der Waals surface area contributed by atoms with Crippen molar-refractivity contribution < 1.29 is 30.7 Å². The van der Waals surface area contributed by atoms with E-state index in [2.05, 4.69) is 15.0 Å². The topological polar surface area (TPSA) is 169 Å². The van der Waals surface area contributed by atoms with Gasteiger partial charge < -0.3 is 10.5 Å². The summed E-state index contributed by atoms with van der Waals surface area (Å²) < 4.78 is 64.3. The smallest absolute Gasteiger partial charge is 0.296 e. The van der Waals surface area contributed by atoms with Gasteiger partial charge in [0.25, 0.3) is 20.2 Å². The largest absolute Gasteiger partial charge is 0.399 e. The maximum atomic E-state index is 11.2. The average Bonchev–Trinajstić information content (AvgIpc) is 2.60. The fourth-order valence-corrected chi connectivity index (χ4v) is 3.15. The molecule has 160 valence electrons. The van der Waals surface area contributed by atoms with E-state index in [0.29, 0.717) is 24.4 Å². The van der Waals surface area contributed by atoms with E-state index in [-0.39, 0.29) is 16.3 Å². The molecule has 0 bridgehead atoms. The quantitative estimate of drug-likeness (QED) is 0.253. The molecule has 4 N–H and O–H groups in total. The molecule has 2 aromatic carbocycles. The Morgan fingerprint density at radius 3 is 2.17 bits per heavy atom. The monoisotopic (exact) mass is 445 g/mol. The van der Waals surface area contributed by atoms with E-state index in [1.807, 2.05) is 6.92 Å². The van der Waals surface area contributed by atoms with Crippen LogP contribution >= 0.6 is 0 Å². The second kappa shape index (κ2) is 11.0. The minimum atomic E-state index is -4.33. The molecule has 0 saturated carbocycles. The number of methoxy groups -OCH3 is 1. The Hall–Kier alpha value is -2.38. The number of nitrogens with zero attached hydrogens (tertiary/aromatic N) is 2. The molecule has 0 spiro atoms. The number of benzene rings is 2. The molecular formula is C17H23N3O7S2. The molecule has 0 atom stereocenters. The summed E-state index contributed by atoms with van der Waals surface area (Å²) >= 11 is 0. The highest BCUT2D eigenvalue weighted by Gasteiger charge is 2.14. The first-order valence-electron chi connectivity index (χ1n) is 8.22. The Bertz CT molecular complexity index is 1050. The highest BCUT2D eigenvalue weighted by molar-refractivity contribution is 7.86. The van der Waals surface area contributed by atoms with Crippen LogP contribution in [-0.4, -0.2) is 45.4 Å². The maximum absolute atomic E-state index is 11.2. The summed E-state index contributed by atoms with van der Waals surface area (Å²) in [5.74, 6) is -0.221. The third kappa shape index (κ3) is 9.58. The number of rotatable bonds is 7. The van der Waals surface area contributed by atoms with Crippen LogP contribution in [0, 0.1) is 6.92 Å². The van der Waals surface area contributed by atoms with Gasteiger partial charge in [0.15, 0.2) is 0 Å². The summed E-state index contributed by atoms with van der Waals surface area (Å²) in [6.45, 7) is 2.18. The number of nitrogens with two attached hydrogens (primary N) is 1. The lowest BCUT2D eigenvalue weighted by atomic mass is 10.2. The number of hydrogen-bond acceptors (Lipinski definition) is 8. The maximum Gasteiger partial charge on any atom is 0.296 e. The Morgan fingerprint density at radius 2 is 1.62 bits per heavy atom. The van der Waals surface area contributed by atoms with Gasteiger partial charge in [-0.1, -0.05) is 12.1 Å². The Morgan fingerprint density at radius 1 is 1.00 bits per heavy atom. The zero-order valence-corrected chi connectivity index (χ0v) is 17.5. The van der Waals surface area contributed by atoms with Crippen LogP contribution in [0.25, 0.3) is 0 Å². The van der Waals surface area contributed by atoms with E-state index < -0.39 is 20.2 Å². The van der Waals surface area contributed by atoms with Crippen molar-refractivity contribution in [1.82, 2.24) is 0 Å². The lowest BCUT2D eigenvalue weighted by Crippen LogP contribution is -2.05. The molecule has 0 aromatic heterocycles. The first kappa shape index (κ1) is 24.7.